The van der Waals surface area contributed by atoms with Gasteiger partial charge < -0.3 is 24.0 Å². The first-order valence-electron chi connectivity index (χ1n) is 10.0. The van der Waals surface area contributed by atoms with Gasteiger partial charge in [0.2, 0.25) is 0 Å². The first-order chi connectivity index (χ1) is 14.0. The monoisotopic (exact) mass is 398 g/mol. The summed E-state index contributed by atoms with van der Waals surface area (Å²) in [6, 6.07) is 13.6. The summed E-state index contributed by atoms with van der Waals surface area (Å²) in [6.07, 6.45) is 0.0322. The molecule has 1 fully saturated rings. The number of hydrogen-bond donors (Lipinski definition) is 0. The van der Waals surface area contributed by atoms with Gasteiger partial charge in [-0.3, -0.25) is 4.79 Å². The van der Waals surface area contributed by atoms with Crippen molar-refractivity contribution in [3.05, 3.63) is 53.6 Å². The standard InChI is InChI=1S/C23H30N2O4/c1-17(2)29-21-10-9-18(15-22(21)27-4)23(26)24(3)16-19-7-5-6-8-20(19)25-11-13-28-14-12-25/h5-10,15,17H,11-14,16H2,1-4H3. The maximum absolute atomic E-state index is 13.0. The summed E-state index contributed by atoms with van der Waals surface area (Å²) in [5.41, 5.74) is 2.86. The maximum atomic E-state index is 13.0. The number of carbonyl (C=O) groups is 1. The van der Waals surface area contributed by atoms with Gasteiger partial charge in [-0.1, -0.05) is 18.2 Å². The second-order valence-electron chi connectivity index (χ2n) is 7.42. The fourth-order valence-corrected chi connectivity index (χ4v) is 3.46. The van der Waals surface area contributed by atoms with Crippen molar-refractivity contribution >= 4 is 11.6 Å². The Hall–Kier alpha value is -2.73. The van der Waals surface area contributed by atoms with Crippen LogP contribution in [0.25, 0.3) is 0 Å². The Morgan fingerprint density at radius 3 is 2.55 bits per heavy atom. The highest BCUT2D eigenvalue weighted by Gasteiger charge is 2.19. The molecule has 0 aromatic heterocycles. The van der Waals surface area contributed by atoms with Crippen LogP contribution in [-0.4, -0.2) is 57.4 Å². The van der Waals surface area contributed by atoms with Gasteiger partial charge in [0.05, 0.1) is 26.4 Å². The zero-order valence-electron chi connectivity index (χ0n) is 17.7. The van der Waals surface area contributed by atoms with Crippen LogP contribution in [0.5, 0.6) is 11.5 Å². The number of ether oxygens (including phenoxy) is 3. The molecule has 0 bridgehead atoms. The molecule has 0 spiro atoms. The predicted octanol–water partition coefficient (Wildman–Crippen LogP) is 3.59. The Balaban J connectivity index is 1.76. The normalized spacial score (nSPS) is 14.0. The smallest absolute Gasteiger partial charge is 0.254 e. The van der Waals surface area contributed by atoms with E-state index in [9.17, 15) is 4.79 Å². The van der Waals surface area contributed by atoms with E-state index in [0.717, 1.165) is 37.6 Å². The number of morpholine rings is 1. The molecule has 2 aromatic carbocycles. The summed E-state index contributed by atoms with van der Waals surface area (Å²) >= 11 is 0. The molecule has 3 rings (SSSR count). The number of carbonyl (C=O) groups excluding carboxylic acids is 1. The van der Waals surface area contributed by atoms with Crippen molar-refractivity contribution in [2.75, 3.05) is 45.4 Å². The van der Waals surface area contributed by atoms with Crippen LogP contribution in [-0.2, 0) is 11.3 Å². The second kappa shape index (κ2) is 9.65. The van der Waals surface area contributed by atoms with Gasteiger partial charge in [0.25, 0.3) is 5.91 Å². The van der Waals surface area contributed by atoms with Gasteiger partial charge in [0, 0.05) is 37.9 Å². The molecule has 0 unspecified atom stereocenters. The molecule has 0 aliphatic carbocycles. The van der Waals surface area contributed by atoms with E-state index in [1.807, 2.05) is 33.0 Å². The summed E-state index contributed by atoms with van der Waals surface area (Å²) in [6.45, 7) is 7.63. The van der Waals surface area contributed by atoms with Crippen LogP contribution < -0.4 is 14.4 Å². The van der Waals surface area contributed by atoms with Crippen molar-refractivity contribution in [3.63, 3.8) is 0 Å². The van der Waals surface area contributed by atoms with Gasteiger partial charge in [-0.25, -0.2) is 0 Å². The first-order valence-corrected chi connectivity index (χ1v) is 10.0. The lowest BCUT2D eigenvalue weighted by Crippen LogP contribution is -2.37. The van der Waals surface area contributed by atoms with E-state index in [0.29, 0.717) is 23.6 Å². The topological polar surface area (TPSA) is 51.2 Å². The van der Waals surface area contributed by atoms with Crippen LogP contribution in [0.1, 0.15) is 29.8 Å². The van der Waals surface area contributed by atoms with E-state index in [2.05, 4.69) is 17.0 Å². The number of amides is 1. The summed E-state index contributed by atoms with van der Waals surface area (Å²) < 4.78 is 16.6. The zero-order valence-corrected chi connectivity index (χ0v) is 17.7. The van der Waals surface area contributed by atoms with Gasteiger partial charge in [-0.05, 0) is 43.7 Å². The Morgan fingerprint density at radius 1 is 1.14 bits per heavy atom. The molecule has 0 radical (unpaired) electrons. The third kappa shape index (κ3) is 5.21. The van der Waals surface area contributed by atoms with Crippen molar-refractivity contribution in [2.45, 2.75) is 26.5 Å². The molecule has 156 valence electrons. The predicted molar refractivity (Wildman–Crippen MR) is 114 cm³/mol. The number of benzene rings is 2. The van der Waals surface area contributed by atoms with Crippen molar-refractivity contribution in [1.29, 1.82) is 0 Å². The molecule has 6 heteroatoms. The molecule has 0 atom stereocenters. The highest BCUT2D eigenvalue weighted by molar-refractivity contribution is 5.94. The van der Waals surface area contributed by atoms with Gasteiger partial charge in [0.1, 0.15) is 0 Å². The van der Waals surface area contributed by atoms with Crippen molar-refractivity contribution in [2.24, 2.45) is 0 Å². The van der Waals surface area contributed by atoms with Gasteiger partial charge >= 0.3 is 0 Å². The van der Waals surface area contributed by atoms with Gasteiger partial charge in [-0.15, -0.1) is 0 Å². The fraction of sp³-hybridized carbons (Fsp3) is 0.435. The average molecular weight is 399 g/mol. The average Bonchev–Trinajstić information content (AvgIpc) is 2.74. The summed E-state index contributed by atoms with van der Waals surface area (Å²) in [5, 5.41) is 0. The van der Waals surface area contributed by atoms with E-state index in [4.69, 9.17) is 14.2 Å². The Kier molecular flexibility index (Phi) is 6.99. The third-order valence-electron chi connectivity index (χ3n) is 4.87. The Bertz CT molecular complexity index is 831. The van der Waals surface area contributed by atoms with Crippen LogP contribution in [0.4, 0.5) is 5.69 Å². The summed E-state index contributed by atoms with van der Waals surface area (Å²) in [4.78, 5) is 17.1. The number of para-hydroxylation sites is 1. The van der Waals surface area contributed by atoms with E-state index < -0.39 is 0 Å². The molecule has 2 aromatic rings. The van der Waals surface area contributed by atoms with Crippen LogP contribution in [0.2, 0.25) is 0 Å². The number of nitrogens with zero attached hydrogens (tertiary/aromatic N) is 2. The van der Waals surface area contributed by atoms with E-state index >= 15 is 0 Å². The molecular weight excluding hydrogens is 368 g/mol. The van der Waals surface area contributed by atoms with Gasteiger partial charge in [-0.2, -0.15) is 0 Å². The highest BCUT2D eigenvalue weighted by Crippen LogP contribution is 2.30. The molecule has 1 aliphatic rings. The lowest BCUT2D eigenvalue weighted by atomic mass is 10.1. The van der Waals surface area contributed by atoms with Crippen LogP contribution in [0.3, 0.4) is 0 Å². The van der Waals surface area contributed by atoms with Gasteiger partial charge in [0.15, 0.2) is 11.5 Å². The van der Waals surface area contributed by atoms with E-state index in [1.54, 1.807) is 30.2 Å². The minimum absolute atomic E-state index is 0.0322. The minimum atomic E-state index is -0.0591. The fourth-order valence-electron chi connectivity index (χ4n) is 3.46. The van der Waals surface area contributed by atoms with E-state index in [1.165, 1.54) is 0 Å². The molecule has 1 aliphatic heterocycles. The lowest BCUT2D eigenvalue weighted by molar-refractivity contribution is 0.0784. The van der Waals surface area contributed by atoms with Crippen molar-refractivity contribution in [3.8, 4) is 11.5 Å². The Morgan fingerprint density at radius 2 is 1.86 bits per heavy atom. The van der Waals surface area contributed by atoms with Crippen LogP contribution in [0.15, 0.2) is 42.5 Å². The molecule has 0 N–H and O–H groups in total. The lowest BCUT2D eigenvalue weighted by Gasteiger charge is -2.31. The van der Waals surface area contributed by atoms with E-state index in [-0.39, 0.29) is 12.0 Å². The van der Waals surface area contributed by atoms with Crippen LogP contribution in [0, 0.1) is 0 Å². The quantitative estimate of drug-likeness (QED) is 0.713. The zero-order chi connectivity index (χ0) is 20.8. The molecule has 1 heterocycles. The first kappa shape index (κ1) is 21.0. The maximum Gasteiger partial charge on any atom is 0.254 e. The molecule has 0 saturated carbocycles. The number of anilines is 1. The highest BCUT2D eigenvalue weighted by atomic mass is 16.5. The van der Waals surface area contributed by atoms with Crippen molar-refractivity contribution in [1.82, 2.24) is 4.90 Å². The SMILES string of the molecule is COc1cc(C(=O)N(C)Cc2ccccc2N2CCOCC2)ccc1OC(C)C. The second-order valence-corrected chi connectivity index (χ2v) is 7.42. The third-order valence-corrected chi connectivity index (χ3v) is 4.87. The number of rotatable bonds is 7. The molecular formula is C23H30N2O4. The summed E-state index contributed by atoms with van der Waals surface area (Å²) in [7, 11) is 3.41. The number of methoxy groups -OCH3 is 1. The largest absolute Gasteiger partial charge is 0.493 e. The van der Waals surface area contributed by atoms with Crippen molar-refractivity contribution < 1.29 is 19.0 Å². The summed E-state index contributed by atoms with van der Waals surface area (Å²) in [5.74, 6) is 1.14. The minimum Gasteiger partial charge on any atom is -0.493 e. The Labute approximate surface area is 173 Å². The van der Waals surface area contributed by atoms with Crippen LogP contribution >= 0.6 is 0 Å². The molecule has 1 amide bonds. The molecule has 6 nitrogen and oxygen atoms in total. The molecule has 29 heavy (non-hydrogen) atoms. The molecule has 1 saturated heterocycles. The number of hydrogen-bond acceptors (Lipinski definition) is 5.